The number of aromatic nitrogens is 4. The van der Waals surface area contributed by atoms with Gasteiger partial charge >= 0.3 is 6.18 Å². The van der Waals surface area contributed by atoms with Crippen molar-refractivity contribution >= 4 is 11.3 Å². The van der Waals surface area contributed by atoms with Gasteiger partial charge in [0.15, 0.2) is 5.82 Å². The Kier molecular flexibility index (Phi) is 3.25. The number of nitrogens with one attached hydrogen (secondary N) is 1. The standard InChI is InChI=1S/C13H9F3N4S/c1-7-2-5-10(21-7)8-3-4-9(17-6-8)11-18-12(20-19-11)13(14,15)16/h2-6H,1H3,(H,18,19,20). The van der Waals surface area contributed by atoms with E-state index in [-0.39, 0.29) is 5.82 Å². The maximum atomic E-state index is 12.5. The topological polar surface area (TPSA) is 54.5 Å². The molecule has 0 bridgehead atoms. The minimum atomic E-state index is -4.54. The fourth-order valence-electron chi connectivity index (χ4n) is 1.76. The number of pyridine rings is 1. The molecule has 0 unspecified atom stereocenters. The predicted octanol–water partition coefficient (Wildman–Crippen LogP) is 3.92. The highest BCUT2D eigenvalue weighted by Gasteiger charge is 2.35. The second kappa shape index (κ2) is 4.96. The molecule has 8 heteroatoms. The second-order valence-corrected chi connectivity index (χ2v) is 5.64. The maximum absolute atomic E-state index is 12.5. The summed E-state index contributed by atoms with van der Waals surface area (Å²) in [6.45, 7) is 2.00. The molecule has 3 aromatic heterocycles. The number of hydrogen-bond donors (Lipinski definition) is 1. The van der Waals surface area contributed by atoms with Crippen molar-refractivity contribution in [1.29, 1.82) is 0 Å². The van der Waals surface area contributed by atoms with Gasteiger partial charge in [0.2, 0.25) is 5.82 Å². The molecule has 0 saturated carbocycles. The molecule has 3 rings (SSSR count). The molecule has 0 amide bonds. The number of hydrogen-bond acceptors (Lipinski definition) is 4. The molecule has 3 heterocycles. The van der Waals surface area contributed by atoms with E-state index in [9.17, 15) is 13.2 Å². The van der Waals surface area contributed by atoms with Crippen LogP contribution in [0.4, 0.5) is 13.2 Å². The van der Waals surface area contributed by atoms with Gasteiger partial charge in [-0.1, -0.05) is 0 Å². The number of aromatic amines is 1. The Balaban J connectivity index is 1.89. The molecule has 0 aliphatic carbocycles. The molecule has 0 aliphatic rings. The molecule has 0 saturated heterocycles. The van der Waals surface area contributed by atoms with E-state index < -0.39 is 12.0 Å². The van der Waals surface area contributed by atoms with Gasteiger partial charge in [-0.2, -0.15) is 18.3 Å². The van der Waals surface area contributed by atoms with Gasteiger partial charge in [-0.3, -0.25) is 10.1 Å². The SMILES string of the molecule is Cc1ccc(-c2ccc(-c3n[nH]c(C(F)(F)F)n3)nc2)s1. The van der Waals surface area contributed by atoms with E-state index in [1.54, 1.807) is 29.7 Å². The smallest absolute Gasteiger partial charge is 0.255 e. The third-order valence-electron chi connectivity index (χ3n) is 2.77. The molecule has 0 aliphatic heterocycles. The van der Waals surface area contributed by atoms with Gasteiger partial charge in [-0.15, -0.1) is 11.3 Å². The molecule has 0 spiro atoms. The third kappa shape index (κ3) is 2.80. The molecule has 0 aromatic carbocycles. The lowest BCUT2D eigenvalue weighted by Gasteiger charge is -1.99. The highest BCUT2D eigenvalue weighted by molar-refractivity contribution is 7.15. The van der Waals surface area contributed by atoms with Gasteiger partial charge in [0.25, 0.3) is 0 Å². The van der Waals surface area contributed by atoms with Gasteiger partial charge in [0, 0.05) is 21.5 Å². The van der Waals surface area contributed by atoms with Crippen molar-refractivity contribution < 1.29 is 13.2 Å². The molecular weight excluding hydrogens is 301 g/mol. The lowest BCUT2D eigenvalue weighted by molar-refractivity contribution is -0.144. The van der Waals surface area contributed by atoms with E-state index in [0.29, 0.717) is 5.69 Å². The minimum Gasteiger partial charge on any atom is -0.255 e. The summed E-state index contributed by atoms with van der Waals surface area (Å²) in [6.07, 6.45) is -2.94. The van der Waals surface area contributed by atoms with Crippen LogP contribution in [0.5, 0.6) is 0 Å². The zero-order valence-corrected chi connectivity index (χ0v) is 11.6. The van der Waals surface area contributed by atoms with E-state index in [1.807, 2.05) is 24.2 Å². The Morgan fingerprint density at radius 3 is 2.48 bits per heavy atom. The predicted molar refractivity (Wildman–Crippen MR) is 72.7 cm³/mol. The van der Waals surface area contributed by atoms with Crippen LogP contribution < -0.4 is 0 Å². The first-order valence-corrected chi connectivity index (χ1v) is 6.78. The van der Waals surface area contributed by atoms with Crippen LogP contribution in [0.2, 0.25) is 0 Å². The minimum absolute atomic E-state index is 0.0729. The molecule has 4 nitrogen and oxygen atoms in total. The number of H-pyrrole nitrogens is 1. The fraction of sp³-hybridized carbons (Fsp3) is 0.154. The Bertz CT molecular complexity index is 758. The van der Waals surface area contributed by atoms with Gasteiger partial charge in [0.05, 0.1) is 0 Å². The lowest BCUT2D eigenvalue weighted by Crippen LogP contribution is -2.07. The van der Waals surface area contributed by atoms with Crippen molar-refractivity contribution in [3.63, 3.8) is 0 Å². The number of thiophene rings is 1. The summed E-state index contributed by atoms with van der Waals surface area (Å²) in [6, 6.07) is 7.37. The zero-order valence-electron chi connectivity index (χ0n) is 10.8. The summed E-state index contributed by atoms with van der Waals surface area (Å²) in [5.41, 5.74) is 1.20. The average Bonchev–Trinajstić information content (AvgIpc) is 3.07. The quantitative estimate of drug-likeness (QED) is 0.780. The van der Waals surface area contributed by atoms with Gasteiger partial charge in [-0.05, 0) is 31.2 Å². The number of nitrogens with zero attached hydrogens (tertiary/aromatic N) is 3. The highest BCUT2D eigenvalue weighted by atomic mass is 32.1. The van der Waals surface area contributed by atoms with E-state index >= 15 is 0 Å². The van der Waals surface area contributed by atoms with Gasteiger partial charge < -0.3 is 0 Å². The van der Waals surface area contributed by atoms with Gasteiger partial charge in [-0.25, -0.2) is 4.98 Å². The second-order valence-electron chi connectivity index (χ2n) is 4.35. The monoisotopic (exact) mass is 310 g/mol. The van der Waals surface area contributed by atoms with E-state index in [2.05, 4.69) is 15.1 Å². The summed E-state index contributed by atoms with van der Waals surface area (Å²) >= 11 is 1.62. The Morgan fingerprint density at radius 1 is 1.14 bits per heavy atom. The lowest BCUT2D eigenvalue weighted by atomic mass is 10.2. The van der Waals surface area contributed by atoms with Crippen molar-refractivity contribution in [1.82, 2.24) is 20.2 Å². The van der Waals surface area contributed by atoms with Crippen LogP contribution in [-0.2, 0) is 6.18 Å². The average molecular weight is 310 g/mol. The molecule has 108 valence electrons. The van der Waals surface area contributed by atoms with Crippen LogP contribution >= 0.6 is 11.3 Å². The molecule has 3 aromatic rings. The highest BCUT2D eigenvalue weighted by Crippen LogP contribution is 2.29. The Morgan fingerprint density at radius 2 is 1.95 bits per heavy atom. The van der Waals surface area contributed by atoms with Crippen molar-refractivity contribution in [2.24, 2.45) is 0 Å². The van der Waals surface area contributed by atoms with Crippen LogP contribution in [0.25, 0.3) is 22.0 Å². The number of aryl methyl sites for hydroxylation is 1. The molecule has 0 atom stereocenters. The summed E-state index contributed by atoms with van der Waals surface area (Å²) < 4.78 is 37.4. The molecule has 0 fully saturated rings. The molecule has 1 N–H and O–H groups in total. The summed E-state index contributed by atoms with van der Waals surface area (Å²) in [5, 5.41) is 5.41. The summed E-state index contributed by atoms with van der Waals surface area (Å²) in [5.74, 6) is -1.20. The number of alkyl halides is 3. The van der Waals surface area contributed by atoms with Crippen LogP contribution in [0.15, 0.2) is 30.5 Å². The first-order chi connectivity index (χ1) is 9.93. The van der Waals surface area contributed by atoms with Crippen LogP contribution in [0.3, 0.4) is 0 Å². The Labute approximate surface area is 121 Å². The largest absolute Gasteiger partial charge is 0.451 e. The van der Waals surface area contributed by atoms with Crippen LogP contribution in [-0.4, -0.2) is 20.2 Å². The first kappa shape index (κ1) is 13.7. The molecular formula is C13H9F3N4S. The molecule has 0 radical (unpaired) electrons. The summed E-state index contributed by atoms with van der Waals surface area (Å²) in [7, 11) is 0. The molecule has 21 heavy (non-hydrogen) atoms. The van der Waals surface area contributed by atoms with E-state index in [4.69, 9.17) is 0 Å². The number of rotatable bonds is 2. The van der Waals surface area contributed by atoms with Gasteiger partial charge in [0.1, 0.15) is 5.69 Å². The Hall–Kier alpha value is -2.22. The zero-order chi connectivity index (χ0) is 15.0. The van der Waals surface area contributed by atoms with Crippen LogP contribution in [0, 0.1) is 6.92 Å². The van der Waals surface area contributed by atoms with E-state index in [0.717, 1.165) is 10.4 Å². The fourth-order valence-corrected chi connectivity index (χ4v) is 2.62. The summed E-state index contributed by atoms with van der Waals surface area (Å²) in [4.78, 5) is 9.76. The van der Waals surface area contributed by atoms with Crippen molar-refractivity contribution in [3.8, 4) is 22.0 Å². The normalized spacial score (nSPS) is 11.8. The first-order valence-electron chi connectivity index (χ1n) is 5.96. The van der Waals surface area contributed by atoms with Crippen molar-refractivity contribution in [3.05, 3.63) is 41.2 Å². The van der Waals surface area contributed by atoms with Crippen molar-refractivity contribution in [2.75, 3.05) is 0 Å². The van der Waals surface area contributed by atoms with E-state index in [1.165, 1.54) is 4.88 Å². The third-order valence-corrected chi connectivity index (χ3v) is 3.82. The van der Waals surface area contributed by atoms with Crippen LogP contribution in [0.1, 0.15) is 10.7 Å². The van der Waals surface area contributed by atoms with Crippen molar-refractivity contribution in [2.45, 2.75) is 13.1 Å². The maximum Gasteiger partial charge on any atom is 0.451 e. The number of halogens is 3.